The van der Waals surface area contributed by atoms with Gasteiger partial charge in [0.1, 0.15) is 0 Å². The van der Waals surface area contributed by atoms with Gasteiger partial charge in [0.25, 0.3) is 0 Å². The van der Waals surface area contributed by atoms with Crippen LogP contribution in [0.4, 0.5) is 0 Å². The maximum atomic E-state index is 10.7. The Bertz CT molecular complexity index is 311. The Kier molecular flexibility index (Phi) is 3.65. The zero-order chi connectivity index (χ0) is 11.4. The first-order valence-corrected chi connectivity index (χ1v) is 6.33. The fourth-order valence-corrected chi connectivity index (χ4v) is 2.94. The van der Waals surface area contributed by atoms with E-state index in [0.717, 1.165) is 32.1 Å². The third-order valence-corrected chi connectivity index (χ3v) is 3.86. The minimum atomic E-state index is -0.513. The second-order valence-corrected chi connectivity index (χ2v) is 4.92. The normalized spacial score (nSPS) is 21.6. The number of rotatable bonds is 3. The first-order valence-electron chi connectivity index (χ1n) is 6.33. The predicted molar refractivity (Wildman–Crippen MR) is 67.2 cm³/mol. The lowest BCUT2D eigenvalue weighted by atomic mass is 9.72. The Morgan fingerprint density at radius 2 is 1.75 bits per heavy atom. The molecule has 0 spiro atoms. The average molecular weight is 217 g/mol. The van der Waals surface area contributed by atoms with Gasteiger partial charge >= 0.3 is 0 Å². The van der Waals surface area contributed by atoms with Gasteiger partial charge in [-0.2, -0.15) is 0 Å². The summed E-state index contributed by atoms with van der Waals surface area (Å²) in [4.78, 5) is 0. The minimum Gasteiger partial charge on any atom is -0.389 e. The minimum absolute atomic E-state index is 0.203. The smallest absolute Gasteiger partial charge is 0.0716 e. The van der Waals surface area contributed by atoms with Crippen LogP contribution in [0.5, 0.6) is 0 Å². The van der Waals surface area contributed by atoms with Crippen LogP contribution in [0.25, 0.3) is 0 Å². The van der Waals surface area contributed by atoms with Crippen molar-refractivity contribution in [1.82, 2.24) is 0 Å². The number of hydrogen-bond acceptors (Lipinski definition) is 1. The van der Waals surface area contributed by atoms with E-state index < -0.39 is 5.60 Å². The molecule has 0 saturated heterocycles. The topological polar surface area (TPSA) is 20.2 Å². The van der Waals surface area contributed by atoms with E-state index in [2.05, 4.69) is 19.1 Å². The van der Waals surface area contributed by atoms with E-state index in [0.29, 0.717) is 0 Å². The second kappa shape index (κ2) is 5.01. The summed E-state index contributed by atoms with van der Waals surface area (Å²) in [7, 11) is 0. The van der Waals surface area contributed by atoms with Crippen molar-refractivity contribution >= 4 is 0 Å². The molecule has 0 aliphatic heterocycles. The van der Waals surface area contributed by atoms with Crippen LogP contribution in [0, 0.1) is 6.92 Å². The van der Waals surface area contributed by atoms with Crippen LogP contribution in [0.3, 0.4) is 0 Å². The van der Waals surface area contributed by atoms with E-state index in [1.54, 1.807) is 0 Å². The van der Waals surface area contributed by atoms with Gasteiger partial charge in [-0.3, -0.25) is 0 Å². The van der Waals surface area contributed by atoms with Gasteiger partial charge in [-0.05, 0) is 24.8 Å². The highest BCUT2D eigenvalue weighted by Crippen LogP contribution is 2.41. The highest BCUT2D eigenvalue weighted by molar-refractivity contribution is 5.23. The van der Waals surface area contributed by atoms with Gasteiger partial charge in [0.2, 0.25) is 0 Å². The Morgan fingerprint density at radius 3 is 2.31 bits per heavy atom. The molecule has 1 aliphatic carbocycles. The molecule has 1 aromatic rings. The number of benzene rings is 1. The number of aliphatic hydroxyl groups is 1. The van der Waals surface area contributed by atoms with Gasteiger partial charge in [0.05, 0.1) is 5.60 Å². The summed E-state index contributed by atoms with van der Waals surface area (Å²) in [6.07, 6.45) is 6.21. The summed E-state index contributed by atoms with van der Waals surface area (Å²) in [5, 5.41) is 10.7. The standard InChI is InChI=1S/C15H21O/c1-2-14(13-9-5-3-6-10-13)15(16)11-7-4-8-12-15/h3,5-6,9-10,14,16H,1-2,4,7-8,11-12H2. The fourth-order valence-electron chi connectivity index (χ4n) is 2.94. The molecule has 1 heteroatoms. The average Bonchev–Trinajstić information content (AvgIpc) is 2.32. The van der Waals surface area contributed by atoms with Crippen molar-refractivity contribution in [3.05, 3.63) is 42.8 Å². The van der Waals surface area contributed by atoms with Crippen LogP contribution in [0.2, 0.25) is 0 Å². The third-order valence-electron chi connectivity index (χ3n) is 3.86. The summed E-state index contributed by atoms with van der Waals surface area (Å²) >= 11 is 0. The van der Waals surface area contributed by atoms with E-state index in [4.69, 9.17) is 0 Å². The molecular weight excluding hydrogens is 196 g/mol. The van der Waals surface area contributed by atoms with Crippen LogP contribution < -0.4 is 0 Å². The largest absolute Gasteiger partial charge is 0.389 e. The van der Waals surface area contributed by atoms with Crippen molar-refractivity contribution < 1.29 is 5.11 Å². The van der Waals surface area contributed by atoms with Crippen molar-refractivity contribution in [2.24, 2.45) is 0 Å². The lowest BCUT2D eigenvalue weighted by Gasteiger charge is -2.39. The lowest BCUT2D eigenvalue weighted by molar-refractivity contribution is -0.0213. The molecule has 1 aromatic carbocycles. The van der Waals surface area contributed by atoms with Crippen molar-refractivity contribution in [3.8, 4) is 0 Å². The molecule has 87 valence electrons. The van der Waals surface area contributed by atoms with Crippen molar-refractivity contribution in [2.75, 3.05) is 0 Å². The van der Waals surface area contributed by atoms with Gasteiger partial charge in [-0.15, -0.1) is 0 Å². The van der Waals surface area contributed by atoms with Crippen LogP contribution >= 0.6 is 0 Å². The van der Waals surface area contributed by atoms with Crippen molar-refractivity contribution in [2.45, 2.75) is 50.0 Å². The summed E-state index contributed by atoms with van der Waals surface area (Å²) in [6, 6.07) is 10.3. The first kappa shape index (κ1) is 11.7. The van der Waals surface area contributed by atoms with Gasteiger partial charge in [0.15, 0.2) is 0 Å². The Balaban J connectivity index is 2.21. The molecule has 1 fully saturated rings. The molecule has 1 unspecified atom stereocenters. The van der Waals surface area contributed by atoms with E-state index >= 15 is 0 Å². The summed E-state index contributed by atoms with van der Waals surface area (Å²) in [5.74, 6) is 0.203. The molecule has 1 N–H and O–H groups in total. The van der Waals surface area contributed by atoms with E-state index in [1.165, 1.54) is 12.0 Å². The van der Waals surface area contributed by atoms with Gasteiger partial charge in [-0.1, -0.05) is 56.5 Å². The van der Waals surface area contributed by atoms with E-state index in [1.807, 2.05) is 18.2 Å². The van der Waals surface area contributed by atoms with Gasteiger partial charge < -0.3 is 5.11 Å². The SMILES string of the molecule is [CH2]CC(c1ccccc1)C1(O)CCCCC1. The number of hydrogen-bond donors (Lipinski definition) is 1. The Labute approximate surface area is 98.5 Å². The van der Waals surface area contributed by atoms with E-state index in [-0.39, 0.29) is 5.92 Å². The van der Waals surface area contributed by atoms with Crippen LogP contribution in [-0.2, 0) is 0 Å². The molecule has 1 nitrogen and oxygen atoms in total. The highest BCUT2D eigenvalue weighted by atomic mass is 16.3. The molecule has 16 heavy (non-hydrogen) atoms. The maximum absolute atomic E-state index is 10.7. The van der Waals surface area contributed by atoms with Crippen LogP contribution in [0.1, 0.15) is 50.0 Å². The molecule has 1 aliphatic rings. The summed E-state index contributed by atoms with van der Waals surface area (Å²) < 4.78 is 0. The molecule has 2 rings (SSSR count). The Morgan fingerprint density at radius 1 is 1.12 bits per heavy atom. The molecule has 0 amide bonds. The fraction of sp³-hybridized carbons (Fsp3) is 0.533. The molecule has 0 heterocycles. The van der Waals surface area contributed by atoms with Crippen LogP contribution in [-0.4, -0.2) is 10.7 Å². The highest BCUT2D eigenvalue weighted by Gasteiger charge is 2.37. The molecule has 1 radical (unpaired) electrons. The third kappa shape index (κ3) is 2.30. The van der Waals surface area contributed by atoms with Crippen molar-refractivity contribution in [3.63, 3.8) is 0 Å². The molecule has 1 atom stereocenters. The van der Waals surface area contributed by atoms with E-state index in [9.17, 15) is 5.11 Å². The zero-order valence-corrected chi connectivity index (χ0v) is 9.86. The zero-order valence-electron chi connectivity index (χ0n) is 9.86. The molecule has 0 aromatic heterocycles. The van der Waals surface area contributed by atoms with Gasteiger partial charge in [0, 0.05) is 5.92 Å². The summed E-state index contributed by atoms with van der Waals surface area (Å²) in [5.41, 5.74) is 0.725. The quantitative estimate of drug-likeness (QED) is 0.818. The maximum Gasteiger partial charge on any atom is 0.0716 e. The predicted octanol–water partition coefficient (Wildman–Crippen LogP) is 3.69. The molecular formula is C15H21O. The first-order chi connectivity index (χ1) is 7.76. The molecule has 0 bridgehead atoms. The summed E-state index contributed by atoms with van der Waals surface area (Å²) in [6.45, 7) is 4.02. The van der Waals surface area contributed by atoms with Crippen molar-refractivity contribution in [1.29, 1.82) is 0 Å². The lowest BCUT2D eigenvalue weighted by Crippen LogP contribution is -2.38. The van der Waals surface area contributed by atoms with Gasteiger partial charge in [-0.25, -0.2) is 0 Å². The monoisotopic (exact) mass is 217 g/mol. The molecule has 1 saturated carbocycles. The second-order valence-electron chi connectivity index (χ2n) is 4.92. The Hall–Kier alpha value is -0.820. The van der Waals surface area contributed by atoms with Crippen LogP contribution in [0.15, 0.2) is 30.3 Å².